The maximum Gasteiger partial charge on any atom is 0.239 e. The summed E-state index contributed by atoms with van der Waals surface area (Å²) in [5.74, 6) is 0.585. The molecule has 0 atom stereocenters. The molecular weight excluding hydrogens is 479 g/mol. The normalized spacial score (nSPS) is 11.6. The van der Waals surface area contributed by atoms with E-state index in [1.54, 1.807) is 18.4 Å². The van der Waals surface area contributed by atoms with Crippen molar-refractivity contribution in [2.24, 2.45) is 4.99 Å². The molecule has 8 heteroatoms. The van der Waals surface area contributed by atoms with Crippen molar-refractivity contribution in [2.45, 2.75) is 32.7 Å². The third kappa shape index (κ3) is 9.62. The van der Waals surface area contributed by atoms with E-state index in [9.17, 15) is 4.79 Å². The van der Waals surface area contributed by atoms with Gasteiger partial charge in [0.25, 0.3) is 0 Å². The first-order chi connectivity index (χ1) is 9.80. The van der Waals surface area contributed by atoms with E-state index in [0.717, 1.165) is 16.8 Å². The van der Waals surface area contributed by atoms with E-state index in [-0.39, 0.29) is 42.0 Å². The summed E-state index contributed by atoms with van der Waals surface area (Å²) in [6.45, 7) is 6.85. The van der Waals surface area contributed by atoms with Crippen LogP contribution < -0.4 is 16.0 Å². The van der Waals surface area contributed by atoms with Crippen LogP contribution in [0.4, 0.5) is 0 Å². The van der Waals surface area contributed by atoms with Crippen LogP contribution in [0.5, 0.6) is 0 Å². The Morgan fingerprint density at radius 2 is 2.00 bits per heavy atom. The molecule has 0 aliphatic heterocycles. The molecule has 5 nitrogen and oxygen atoms in total. The minimum Gasteiger partial charge on any atom is -0.356 e. The van der Waals surface area contributed by atoms with Gasteiger partial charge in [-0.15, -0.1) is 35.3 Å². The van der Waals surface area contributed by atoms with Gasteiger partial charge in [-0.3, -0.25) is 9.79 Å². The van der Waals surface area contributed by atoms with Gasteiger partial charge in [0, 0.05) is 24.0 Å². The van der Waals surface area contributed by atoms with Crippen LogP contribution in [0.3, 0.4) is 0 Å². The van der Waals surface area contributed by atoms with Crippen molar-refractivity contribution < 1.29 is 4.79 Å². The Morgan fingerprint density at radius 1 is 1.32 bits per heavy atom. The Morgan fingerprint density at radius 3 is 2.50 bits per heavy atom. The third-order valence-electron chi connectivity index (χ3n) is 2.45. The minimum absolute atomic E-state index is 0. The molecule has 0 aliphatic carbocycles. The molecule has 0 aliphatic rings. The first-order valence-electron chi connectivity index (χ1n) is 6.80. The standard InChI is InChI=1S/C14H23BrN4OS.HI/c1-14(2,3)19-12(20)9-18-13(16-4)17-8-7-10-5-6-11(15)21-10;/h5-6H,7-9H2,1-4H3,(H,19,20)(H2,16,17,18);1H. The maximum atomic E-state index is 11.7. The van der Waals surface area contributed by atoms with Crippen molar-refractivity contribution in [3.63, 3.8) is 0 Å². The van der Waals surface area contributed by atoms with Crippen molar-refractivity contribution in [3.05, 3.63) is 20.8 Å². The molecule has 1 amide bonds. The number of carbonyl (C=O) groups excluding carboxylic acids is 1. The van der Waals surface area contributed by atoms with E-state index in [1.807, 2.05) is 26.8 Å². The number of nitrogens with zero attached hydrogens (tertiary/aromatic N) is 1. The average Bonchev–Trinajstić information content (AvgIpc) is 2.77. The van der Waals surface area contributed by atoms with Crippen LogP contribution >= 0.6 is 51.2 Å². The van der Waals surface area contributed by atoms with Crippen LogP contribution in [-0.4, -0.2) is 37.5 Å². The summed E-state index contributed by atoms with van der Waals surface area (Å²) in [5, 5.41) is 9.10. The molecule has 0 saturated carbocycles. The van der Waals surface area contributed by atoms with Gasteiger partial charge >= 0.3 is 0 Å². The summed E-state index contributed by atoms with van der Waals surface area (Å²) in [6, 6.07) is 4.15. The van der Waals surface area contributed by atoms with Crippen molar-refractivity contribution in [2.75, 3.05) is 20.1 Å². The smallest absolute Gasteiger partial charge is 0.239 e. The molecule has 0 unspecified atom stereocenters. The number of hydrogen-bond acceptors (Lipinski definition) is 3. The van der Waals surface area contributed by atoms with Crippen molar-refractivity contribution >= 4 is 63.1 Å². The van der Waals surface area contributed by atoms with Crippen LogP contribution in [0, 0.1) is 0 Å². The third-order valence-corrected chi connectivity index (χ3v) is 4.13. The van der Waals surface area contributed by atoms with E-state index >= 15 is 0 Å². The number of thiophene rings is 1. The zero-order chi connectivity index (χ0) is 15.9. The molecule has 1 rings (SSSR count). The van der Waals surface area contributed by atoms with Gasteiger partial charge in [-0.25, -0.2) is 0 Å². The number of amides is 1. The molecular formula is C14H24BrIN4OS. The number of carbonyl (C=O) groups is 1. The second kappa shape index (κ2) is 10.4. The lowest BCUT2D eigenvalue weighted by Crippen LogP contribution is -2.48. The Bertz CT molecular complexity index is 499. The van der Waals surface area contributed by atoms with Gasteiger partial charge in [-0.05, 0) is 55.3 Å². The molecule has 0 fully saturated rings. The number of halogens is 2. The lowest BCUT2D eigenvalue weighted by Gasteiger charge is -2.21. The molecule has 1 heterocycles. The van der Waals surface area contributed by atoms with Gasteiger partial charge in [0.1, 0.15) is 0 Å². The van der Waals surface area contributed by atoms with Crippen molar-refractivity contribution in [3.8, 4) is 0 Å². The average molecular weight is 503 g/mol. The van der Waals surface area contributed by atoms with Crippen molar-refractivity contribution in [1.29, 1.82) is 0 Å². The predicted molar refractivity (Wildman–Crippen MR) is 108 cm³/mol. The molecule has 22 heavy (non-hydrogen) atoms. The molecule has 0 spiro atoms. The molecule has 1 aromatic rings. The number of nitrogens with one attached hydrogen (secondary N) is 3. The molecule has 3 N–H and O–H groups in total. The van der Waals surface area contributed by atoms with Crippen molar-refractivity contribution in [1.82, 2.24) is 16.0 Å². The lowest BCUT2D eigenvalue weighted by atomic mass is 10.1. The summed E-state index contributed by atoms with van der Waals surface area (Å²) < 4.78 is 1.14. The zero-order valence-corrected chi connectivity index (χ0v) is 18.1. The predicted octanol–water partition coefficient (Wildman–Crippen LogP) is 2.75. The van der Waals surface area contributed by atoms with Crippen LogP contribution in [0.2, 0.25) is 0 Å². The summed E-state index contributed by atoms with van der Waals surface area (Å²) in [4.78, 5) is 17.1. The van der Waals surface area contributed by atoms with Crippen LogP contribution in [0.15, 0.2) is 20.9 Å². The highest BCUT2D eigenvalue weighted by Crippen LogP contribution is 2.21. The summed E-state index contributed by atoms with van der Waals surface area (Å²) >= 11 is 5.17. The topological polar surface area (TPSA) is 65.5 Å². The molecule has 1 aromatic heterocycles. The van der Waals surface area contributed by atoms with Gasteiger partial charge in [0.15, 0.2) is 5.96 Å². The fraction of sp³-hybridized carbons (Fsp3) is 0.571. The number of hydrogen-bond donors (Lipinski definition) is 3. The Kier molecular flexibility index (Phi) is 10.3. The number of rotatable bonds is 5. The second-order valence-corrected chi connectivity index (χ2v) is 8.15. The minimum atomic E-state index is -0.220. The van der Waals surface area contributed by atoms with E-state index in [2.05, 4.69) is 42.9 Å². The fourth-order valence-corrected chi connectivity index (χ4v) is 3.12. The summed E-state index contributed by atoms with van der Waals surface area (Å²) in [6.07, 6.45) is 0.922. The quantitative estimate of drug-likeness (QED) is 0.329. The second-order valence-electron chi connectivity index (χ2n) is 5.61. The summed E-state index contributed by atoms with van der Waals surface area (Å²) in [7, 11) is 1.69. The maximum absolute atomic E-state index is 11.7. The Labute approximate surface area is 161 Å². The number of aliphatic imine (C=N–C) groups is 1. The van der Waals surface area contributed by atoms with Gasteiger partial charge < -0.3 is 16.0 Å². The molecule has 0 radical (unpaired) electrons. The first kappa shape index (κ1) is 21.6. The van der Waals surface area contributed by atoms with Gasteiger partial charge in [0.05, 0.1) is 10.3 Å². The molecule has 0 saturated heterocycles. The fourth-order valence-electron chi connectivity index (χ4n) is 1.64. The van der Waals surface area contributed by atoms with E-state index < -0.39 is 0 Å². The molecule has 0 bridgehead atoms. The highest BCUT2D eigenvalue weighted by molar-refractivity contribution is 14.0. The Balaban J connectivity index is 0.00000441. The van der Waals surface area contributed by atoms with Crippen LogP contribution in [0.1, 0.15) is 25.6 Å². The highest BCUT2D eigenvalue weighted by atomic mass is 127. The van der Waals surface area contributed by atoms with Gasteiger partial charge in [-0.1, -0.05) is 0 Å². The molecule has 126 valence electrons. The van der Waals surface area contributed by atoms with E-state index in [0.29, 0.717) is 5.96 Å². The number of guanidine groups is 1. The highest BCUT2D eigenvalue weighted by Gasteiger charge is 2.13. The monoisotopic (exact) mass is 502 g/mol. The molecule has 0 aromatic carbocycles. The first-order valence-corrected chi connectivity index (χ1v) is 8.41. The summed E-state index contributed by atoms with van der Waals surface area (Å²) in [5.41, 5.74) is -0.220. The largest absolute Gasteiger partial charge is 0.356 e. The lowest BCUT2D eigenvalue weighted by molar-refractivity contribution is -0.121. The van der Waals surface area contributed by atoms with Crippen LogP contribution in [-0.2, 0) is 11.2 Å². The Hall–Kier alpha value is -0.350. The van der Waals surface area contributed by atoms with E-state index in [1.165, 1.54) is 4.88 Å². The zero-order valence-electron chi connectivity index (χ0n) is 13.3. The van der Waals surface area contributed by atoms with Gasteiger partial charge in [-0.2, -0.15) is 0 Å². The SMILES string of the molecule is CN=C(NCCc1ccc(Br)s1)NCC(=O)NC(C)(C)C.I. The van der Waals surface area contributed by atoms with Gasteiger partial charge in [0.2, 0.25) is 5.91 Å². The van der Waals surface area contributed by atoms with E-state index in [4.69, 9.17) is 0 Å². The van der Waals surface area contributed by atoms with Crippen LogP contribution in [0.25, 0.3) is 0 Å².